The molecular weight excluding hydrogens is 398 g/mol. The highest BCUT2D eigenvalue weighted by Gasteiger charge is 2.21. The fourth-order valence-corrected chi connectivity index (χ4v) is 4.37. The average Bonchev–Trinajstić information content (AvgIpc) is 3.47. The molecule has 0 unspecified atom stereocenters. The fourth-order valence-electron chi connectivity index (χ4n) is 3.67. The van der Waals surface area contributed by atoms with Gasteiger partial charge in [0.25, 0.3) is 5.91 Å². The lowest BCUT2D eigenvalue weighted by atomic mass is 9.89. The van der Waals surface area contributed by atoms with Crippen molar-refractivity contribution in [2.75, 3.05) is 13.1 Å². The number of nitrogens with one attached hydrogen (secondary N) is 2. The normalized spacial score (nSPS) is 14.4. The van der Waals surface area contributed by atoms with Gasteiger partial charge in [-0.15, -0.1) is 16.4 Å². The SMILES string of the molecule is O=C(NCCNC(=O)C1CCCCC1)c1nc(-c2cccs2)n(-c2ccccc2)n1. The van der Waals surface area contributed by atoms with Gasteiger partial charge in [0.05, 0.1) is 10.6 Å². The maximum Gasteiger partial charge on any atom is 0.291 e. The minimum atomic E-state index is -0.352. The van der Waals surface area contributed by atoms with Gasteiger partial charge in [-0.2, -0.15) is 0 Å². The van der Waals surface area contributed by atoms with Crippen LogP contribution < -0.4 is 10.6 Å². The van der Waals surface area contributed by atoms with E-state index in [-0.39, 0.29) is 23.6 Å². The number of thiophene rings is 1. The molecule has 1 aromatic carbocycles. The van der Waals surface area contributed by atoms with E-state index < -0.39 is 0 Å². The molecule has 7 nitrogen and oxygen atoms in total. The van der Waals surface area contributed by atoms with E-state index >= 15 is 0 Å². The number of para-hydroxylation sites is 1. The minimum absolute atomic E-state index is 0.0930. The molecule has 4 rings (SSSR count). The number of aromatic nitrogens is 3. The molecule has 0 saturated heterocycles. The zero-order valence-electron chi connectivity index (χ0n) is 16.7. The van der Waals surface area contributed by atoms with Crippen molar-refractivity contribution in [3.05, 3.63) is 53.7 Å². The summed E-state index contributed by atoms with van der Waals surface area (Å²) in [5, 5.41) is 12.1. The Bertz CT molecular complexity index is 978. The molecule has 30 heavy (non-hydrogen) atoms. The monoisotopic (exact) mass is 423 g/mol. The number of amides is 2. The van der Waals surface area contributed by atoms with Crippen molar-refractivity contribution in [1.29, 1.82) is 0 Å². The maximum absolute atomic E-state index is 12.6. The zero-order chi connectivity index (χ0) is 20.8. The Balaban J connectivity index is 1.38. The maximum atomic E-state index is 12.6. The van der Waals surface area contributed by atoms with Gasteiger partial charge >= 0.3 is 0 Å². The van der Waals surface area contributed by atoms with Crippen molar-refractivity contribution in [3.8, 4) is 16.4 Å². The van der Waals surface area contributed by atoms with Gasteiger partial charge in [-0.25, -0.2) is 9.67 Å². The van der Waals surface area contributed by atoms with E-state index in [2.05, 4.69) is 20.7 Å². The molecule has 1 saturated carbocycles. The highest BCUT2D eigenvalue weighted by Crippen LogP contribution is 2.25. The average molecular weight is 424 g/mol. The summed E-state index contributed by atoms with van der Waals surface area (Å²) in [7, 11) is 0. The summed E-state index contributed by atoms with van der Waals surface area (Å²) in [5.74, 6) is 0.601. The lowest BCUT2D eigenvalue weighted by Gasteiger charge is -2.20. The molecule has 0 aliphatic heterocycles. The summed E-state index contributed by atoms with van der Waals surface area (Å²) >= 11 is 1.55. The van der Waals surface area contributed by atoms with E-state index in [9.17, 15) is 9.59 Å². The first-order valence-corrected chi connectivity index (χ1v) is 11.2. The van der Waals surface area contributed by atoms with Crippen molar-refractivity contribution in [1.82, 2.24) is 25.4 Å². The summed E-state index contributed by atoms with van der Waals surface area (Å²) in [5.41, 5.74) is 0.840. The Morgan fingerprint density at radius 1 is 1.00 bits per heavy atom. The van der Waals surface area contributed by atoms with Crippen LogP contribution in [0.15, 0.2) is 47.8 Å². The second kappa shape index (κ2) is 9.67. The van der Waals surface area contributed by atoms with Crippen molar-refractivity contribution in [2.24, 2.45) is 5.92 Å². The van der Waals surface area contributed by atoms with Gasteiger partial charge in [0.2, 0.25) is 11.7 Å². The van der Waals surface area contributed by atoms with E-state index in [1.54, 1.807) is 16.0 Å². The summed E-state index contributed by atoms with van der Waals surface area (Å²) in [6.07, 6.45) is 5.39. The van der Waals surface area contributed by atoms with Crippen LogP contribution >= 0.6 is 11.3 Å². The molecule has 1 aliphatic rings. The molecule has 1 fully saturated rings. The predicted octanol–water partition coefficient (Wildman–Crippen LogP) is 3.42. The van der Waals surface area contributed by atoms with Crippen LogP contribution in [0.3, 0.4) is 0 Å². The van der Waals surface area contributed by atoms with Crippen LogP contribution in [0.1, 0.15) is 42.7 Å². The van der Waals surface area contributed by atoms with E-state index in [0.717, 1.165) is 36.2 Å². The largest absolute Gasteiger partial charge is 0.354 e. The van der Waals surface area contributed by atoms with Gasteiger partial charge in [0.15, 0.2) is 5.82 Å². The molecular formula is C22H25N5O2S. The molecule has 0 bridgehead atoms. The summed E-state index contributed by atoms with van der Waals surface area (Å²) < 4.78 is 1.69. The first-order chi connectivity index (χ1) is 14.7. The van der Waals surface area contributed by atoms with Gasteiger partial charge < -0.3 is 10.6 Å². The Labute approximate surface area is 179 Å². The summed E-state index contributed by atoms with van der Waals surface area (Å²) in [6.45, 7) is 0.740. The van der Waals surface area contributed by atoms with Crippen LogP contribution in [0.2, 0.25) is 0 Å². The number of carbonyl (C=O) groups is 2. The third-order valence-corrected chi connectivity index (χ3v) is 6.10. The second-order valence-corrected chi connectivity index (χ2v) is 8.31. The molecule has 2 amide bonds. The summed E-state index contributed by atoms with van der Waals surface area (Å²) in [6, 6.07) is 13.5. The molecule has 8 heteroatoms. The number of benzene rings is 1. The summed E-state index contributed by atoms with van der Waals surface area (Å²) in [4.78, 5) is 30.2. The third kappa shape index (κ3) is 4.76. The fraction of sp³-hybridized carbons (Fsp3) is 0.364. The van der Waals surface area contributed by atoms with E-state index in [4.69, 9.17) is 0 Å². The predicted molar refractivity (Wildman–Crippen MR) is 117 cm³/mol. The van der Waals surface area contributed by atoms with Gasteiger partial charge in [-0.1, -0.05) is 43.5 Å². The molecule has 0 atom stereocenters. The Hall–Kier alpha value is -3.00. The highest BCUT2D eigenvalue weighted by atomic mass is 32.1. The quantitative estimate of drug-likeness (QED) is 0.570. The Kier molecular flexibility index (Phi) is 6.53. The van der Waals surface area contributed by atoms with Crippen LogP contribution in [-0.4, -0.2) is 39.7 Å². The van der Waals surface area contributed by atoms with Crippen LogP contribution in [0.25, 0.3) is 16.4 Å². The van der Waals surface area contributed by atoms with Gasteiger partial charge in [0, 0.05) is 19.0 Å². The smallest absolute Gasteiger partial charge is 0.291 e. The lowest BCUT2D eigenvalue weighted by Crippen LogP contribution is -2.38. The first-order valence-electron chi connectivity index (χ1n) is 10.3. The van der Waals surface area contributed by atoms with Gasteiger partial charge in [0.1, 0.15) is 0 Å². The first kappa shape index (κ1) is 20.3. The van der Waals surface area contributed by atoms with Crippen molar-refractivity contribution >= 4 is 23.2 Å². The topological polar surface area (TPSA) is 88.9 Å². The minimum Gasteiger partial charge on any atom is -0.354 e. The van der Waals surface area contributed by atoms with E-state index in [1.165, 1.54) is 6.42 Å². The van der Waals surface area contributed by atoms with Crippen molar-refractivity contribution in [3.63, 3.8) is 0 Å². The molecule has 2 aromatic heterocycles. The van der Waals surface area contributed by atoms with Crippen LogP contribution in [0.5, 0.6) is 0 Å². The molecule has 3 aromatic rings. The molecule has 2 N–H and O–H groups in total. The molecule has 156 valence electrons. The number of hydrogen-bond acceptors (Lipinski definition) is 5. The molecule has 0 spiro atoms. The van der Waals surface area contributed by atoms with Gasteiger partial charge in [-0.3, -0.25) is 9.59 Å². The molecule has 1 aliphatic carbocycles. The number of nitrogens with zero attached hydrogens (tertiary/aromatic N) is 3. The Morgan fingerprint density at radius 2 is 1.77 bits per heavy atom. The van der Waals surface area contributed by atoms with Crippen molar-refractivity contribution in [2.45, 2.75) is 32.1 Å². The zero-order valence-corrected chi connectivity index (χ0v) is 17.5. The number of hydrogen-bond donors (Lipinski definition) is 2. The highest BCUT2D eigenvalue weighted by molar-refractivity contribution is 7.13. The molecule has 2 heterocycles. The lowest BCUT2D eigenvalue weighted by molar-refractivity contribution is -0.125. The van der Waals surface area contributed by atoms with E-state index in [1.807, 2.05) is 47.8 Å². The van der Waals surface area contributed by atoms with Crippen LogP contribution in [0.4, 0.5) is 0 Å². The van der Waals surface area contributed by atoms with Gasteiger partial charge in [-0.05, 0) is 36.4 Å². The van der Waals surface area contributed by atoms with E-state index in [0.29, 0.717) is 18.9 Å². The second-order valence-electron chi connectivity index (χ2n) is 7.37. The van der Waals surface area contributed by atoms with Crippen LogP contribution in [0, 0.1) is 5.92 Å². The third-order valence-electron chi connectivity index (χ3n) is 5.24. The number of rotatable bonds is 7. The van der Waals surface area contributed by atoms with Crippen molar-refractivity contribution < 1.29 is 9.59 Å². The standard InChI is InChI=1S/C22H25N5O2S/c28-21(16-8-3-1-4-9-16)23-13-14-24-22(29)19-25-20(18-12-7-15-30-18)27(26-19)17-10-5-2-6-11-17/h2,5-7,10-12,15-16H,1,3-4,8-9,13-14H2,(H,23,28)(H,24,29). The Morgan fingerprint density at radius 3 is 2.50 bits per heavy atom. The van der Waals surface area contributed by atoms with Crippen LogP contribution in [-0.2, 0) is 4.79 Å². The molecule has 0 radical (unpaired) electrons. The number of carbonyl (C=O) groups excluding carboxylic acids is 2.